The number of halogens is 1. The lowest BCUT2D eigenvalue weighted by Crippen LogP contribution is -2.43. The lowest BCUT2D eigenvalue weighted by molar-refractivity contribution is -0.124. The van der Waals surface area contributed by atoms with E-state index in [9.17, 15) is 4.79 Å². The lowest BCUT2D eigenvalue weighted by Gasteiger charge is -2.20. The Kier molecular flexibility index (Phi) is 9.14. The molecule has 4 nitrogen and oxygen atoms in total. The summed E-state index contributed by atoms with van der Waals surface area (Å²) in [6, 6.07) is 8.36. The number of hydrogen-bond acceptors (Lipinski definition) is 3. The van der Waals surface area contributed by atoms with E-state index in [1.165, 1.54) is 5.56 Å². The van der Waals surface area contributed by atoms with E-state index >= 15 is 0 Å². The topological polar surface area (TPSA) is 50.4 Å². The van der Waals surface area contributed by atoms with Crippen LogP contribution in [0.1, 0.15) is 46.6 Å². The Morgan fingerprint density at radius 2 is 1.82 bits per heavy atom. The lowest BCUT2D eigenvalue weighted by atomic mass is 10.1. The maximum atomic E-state index is 11.7. The molecule has 1 aromatic carbocycles. The van der Waals surface area contributed by atoms with Gasteiger partial charge in [-0.15, -0.1) is 12.4 Å². The summed E-state index contributed by atoms with van der Waals surface area (Å²) < 4.78 is 5.48. The normalized spacial score (nSPS) is 12.2. The Bertz CT molecular complexity index is 441. The molecule has 0 aromatic heterocycles. The van der Waals surface area contributed by atoms with Crippen LogP contribution in [-0.2, 0) is 11.3 Å². The SMILES string of the molecule is CCC(C)NCc1ccc(OCC(=O)NC(C)(C)C)cc1.Cl. The molecular formula is C17H29ClN2O2. The predicted octanol–water partition coefficient (Wildman–Crippen LogP) is 3.29. The molecule has 0 aliphatic heterocycles. The Hall–Kier alpha value is -1.26. The highest BCUT2D eigenvalue weighted by atomic mass is 35.5. The molecule has 1 atom stereocenters. The van der Waals surface area contributed by atoms with Gasteiger partial charge in [0.2, 0.25) is 0 Å². The summed E-state index contributed by atoms with van der Waals surface area (Å²) in [6.45, 7) is 11.1. The number of nitrogens with one attached hydrogen (secondary N) is 2. The molecule has 1 amide bonds. The van der Waals surface area contributed by atoms with E-state index < -0.39 is 0 Å². The van der Waals surface area contributed by atoms with Crippen LogP contribution in [-0.4, -0.2) is 24.1 Å². The molecule has 2 N–H and O–H groups in total. The van der Waals surface area contributed by atoms with Crippen LogP contribution in [0.25, 0.3) is 0 Å². The van der Waals surface area contributed by atoms with E-state index in [0.29, 0.717) is 11.8 Å². The van der Waals surface area contributed by atoms with E-state index in [2.05, 4.69) is 24.5 Å². The van der Waals surface area contributed by atoms with Gasteiger partial charge in [0.05, 0.1) is 0 Å². The maximum Gasteiger partial charge on any atom is 0.258 e. The number of benzene rings is 1. The molecule has 0 saturated heterocycles. The van der Waals surface area contributed by atoms with E-state index in [0.717, 1.165) is 13.0 Å². The van der Waals surface area contributed by atoms with Crippen LogP contribution in [0.5, 0.6) is 5.75 Å². The van der Waals surface area contributed by atoms with Gasteiger partial charge in [0.25, 0.3) is 5.91 Å². The molecule has 0 saturated carbocycles. The van der Waals surface area contributed by atoms with Crippen molar-refractivity contribution in [1.82, 2.24) is 10.6 Å². The molecule has 0 aliphatic carbocycles. The zero-order chi connectivity index (χ0) is 15.9. The summed E-state index contributed by atoms with van der Waals surface area (Å²) in [6.07, 6.45) is 1.12. The quantitative estimate of drug-likeness (QED) is 0.807. The third kappa shape index (κ3) is 8.90. The average molecular weight is 329 g/mol. The molecule has 0 fully saturated rings. The summed E-state index contributed by atoms with van der Waals surface area (Å²) in [5.41, 5.74) is 0.980. The fourth-order valence-corrected chi connectivity index (χ4v) is 1.74. The molecule has 0 spiro atoms. The van der Waals surface area contributed by atoms with Gasteiger partial charge >= 0.3 is 0 Å². The van der Waals surface area contributed by atoms with Gasteiger partial charge in [-0.05, 0) is 51.8 Å². The molecular weight excluding hydrogens is 300 g/mol. The molecule has 0 bridgehead atoms. The van der Waals surface area contributed by atoms with Crippen molar-refractivity contribution in [3.8, 4) is 5.75 Å². The summed E-state index contributed by atoms with van der Waals surface area (Å²) in [5.74, 6) is 0.608. The average Bonchev–Trinajstić information content (AvgIpc) is 2.41. The van der Waals surface area contributed by atoms with Gasteiger partial charge in [-0.2, -0.15) is 0 Å². The van der Waals surface area contributed by atoms with Crippen molar-refractivity contribution in [2.24, 2.45) is 0 Å². The van der Waals surface area contributed by atoms with Gasteiger partial charge in [0.1, 0.15) is 5.75 Å². The molecule has 1 rings (SSSR count). The van der Waals surface area contributed by atoms with Gasteiger partial charge in [0, 0.05) is 18.1 Å². The Labute approximate surface area is 140 Å². The molecule has 126 valence electrons. The first-order chi connectivity index (χ1) is 9.80. The number of amides is 1. The highest BCUT2D eigenvalue weighted by Crippen LogP contribution is 2.12. The van der Waals surface area contributed by atoms with Crippen molar-refractivity contribution in [1.29, 1.82) is 0 Å². The second kappa shape index (κ2) is 9.70. The van der Waals surface area contributed by atoms with E-state index in [1.807, 2.05) is 45.0 Å². The summed E-state index contributed by atoms with van der Waals surface area (Å²) in [7, 11) is 0. The Morgan fingerprint density at radius 1 is 1.23 bits per heavy atom. The first-order valence-electron chi connectivity index (χ1n) is 7.56. The van der Waals surface area contributed by atoms with Crippen LogP contribution in [0.4, 0.5) is 0 Å². The fraction of sp³-hybridized carbons (Fsp3) is 0.588. The fourth-order valence-electron chi connectivity index (χ4n) is 1.74. The maximum absolute atomic E-state index is 11.7. The standard InChI is InChI=1S/C17H28N2O2.ClH/c1-6-13(2)18-11-14-7-9-15(10-8-14)21-12-16(20)19-17(3,4)5;/h7-10,13,18H,6,11-12H2,1-5H3,(H,19,20);1H. The molecule has 5 heteroatoms. The molecule has 1 unspecified atom stereocenters. The number of carbonyl (C=O) groups is 1. The minimum atomic E-state index is -0.230. The second-order valence-corrected chi connectivity index (χ2v) is 6.42. The van der Waals surface area contributed by atoms with Crippen LogP contribution in [0.3, 0.4) is 0 Å². The van der Waals surface area contributed by atoms with Crippen LogP contribution >= 0.6 is 12.4 Å². The van der Waals surface area contributed by atoms with Gasteiger partial charge in [-0.3, -0.25) is 4.79 Å². The summed E-state index contributed by atoms with van der Waals surface area (Å²) >= 11 is 0. The highest BCUT2D eigenvalue weighted by Gasteiger charge is 2.13. The van der Waals surface area contributed by atoms with Crippen LogP contribution in [0.15, 0.2) is 24.3 Å². The van der Waals surface area contributed by atoms with Gasteiger partial charge in [-0.25, -0.2) is 0 Å². The second-order valence-electron chi connectivity index (χ2n) is 6.42. The number of rotatable bonds is 7. The van der Waals surface area contributed by atoms with Gasteiger partial charge in [-0.1, -0.05) is 19.1 Å². The minimum absolute atomic E-state index is 0. The number of hydrogen-bond donors (Lipinski definition) is 2. The molecule has 22 heavy (non-hydrogen) atoms. The largest absolute Gasteiger partial charge is 0.484 e. The third-order valence-electron chi connectivity index (χ3n) is 3.07. The van der Waals surface area contributed by atoms with Crippen molar-refractivity contribution in [2.75, 3.05) is 6.61 Å². The highest BCUT2D eigenvalue weighted by molar-refractivity contribution is 5.85. The third-order valence-corrected chi connectivity index (χ3v) is 3.07. The van der Waals surface area contributed by atoms with Crippen molar-refractivity contribution >= 4 is 18.3 Å². The van der Waals surface area contributed by atoms with Crippen molar-refractivity contribution in [3.05, 3.63) is 29.8 Å². The summed E-state index contributed by atoms with van der Waals surface area (Å²) in [5, 5.41) is 6.31. The smallest absolute Gasteiger partial charge is 0.258 e. The van der Waals surface area contributed by atoms with Gasteiger partial charge in [0.15, 0.2) is 6.61 Å². The molecule has 0 radical (unpaired) electrons. The first-order valence-corrected chi connectivity index (χ1v) is 7.56. The molecule has 1 aromatic rings. The van der Waals surface area contributed by atoms with E-state index in [4.69, 9.17) is 4.74 Å². The van der Waals surface area contributed by atoms with E-state index in [1.54, 1.807) is 0 Å². The summed E-state index contributed by atoms with van der Waals surface area (Å²) in [4.78, 5) is 11.7. The predicted molar refractivity (Wildman–Crippen MR) is 93.7 cm³/mol. The number of ether oxygens (including phenoxy) is 1. The van der Waals surface area contributed by atoms with Crippen LogP contribution in [0.2, 0.25) is 0 Å². The van der Waals surface area contributed by atoms with Crippen LogP contribution < -0.4 is 15.4 Å². The molecule has 0 heterocycles. The van der Waals surface area contributed by atoms with Crippen molar-refractivity contribution in [2.45, 2.75) is 59.2 Å². The Balaban J connectivity index is 0.00000441. The number of carbonyl (C=O) groups excluding carboxylic acids is 1. The zero-order valence-corrected chi connectivity index (χ0v) is 15.0. The van der Waals surface area contributed by atoms with Crippen molar-refractivity contribution in [3.63, 3.8) is 0 Å². The minimum Gasteiger partial charge on any atom is -0.484 e. The first kappa shape index (κ1) is 20.7. The zero-order valence-electron chi connectivity index (χ0n) is 14.2. The molecule has 0 aliphatic rings. The Morgan fingerprint density at radius 3 is 2.32 bits per heavy atom. The van der Waals surface area contributed by atoms with E-state index in [-0.39, 0.29) is 30.5 Å². The van der Waals surface area contributed by atoms with Crippen LogP contribution in [0, 0.1) is 0 Å². The van der Waals surface area contributed by atoms with Gasteiger partial charge < -0.3 is 15.4 Å². The monoisotopic (exact) mass is 328 g/mol. The van der Waals surface area contributed by atoms with Crippen molar-refractivity contribution < 1.29 is 9.53 Å².